The molecule has 1 aromatic carbocycles. The first kappa shape index (κ1) is 12.4. The zero-order chi connectivity index (χ0) is 12.3. The van der Waals surface area contributed by atoms with Crippen molar-refractivity contribution in [2.24, 2.45) is 0 Å². The molecular weight excluding hydrogens is 210 g/mol. The Bertz CT molecular complexity index is 362. The third kappa shape index (κ3) is 2.81. The van der Waals surface area contributed by atoms with E-state index in [4.69, 9.17) is 0 Å². The number of aliphatic hydroxyl groups is 1. The molecule has 0 amide bonds. The van der Waals surface area contributed by atoms with Gasteiger partial charge in [0.2, 0.25) is 0 Å². The Morgan fingerprint density at radius 2 is 1.76 bits per heavy atom. The average molecular weight is 233 g/mol. The first-order chi connectivity index (χ1) is 8.20. The highest BCUT2D eigenvalue weighted by Crippen LogP contribution is 2.36. The normalized spacial score (nSPS) is 25.4. The number of nitrogens with zero attached hydrogens (tertiary/aromatic N) is 1. The summed E-state index contributed by atoms with van der Waals surface area (Å²) in [5.41, 5.74) is 2.56. The van der Waals surface area contributed by atoms with E-state index in [1.165, 1.54) is 30.5 Å². The molecule has 1 fully saturated rings. The lowest BCUT2D eigenvalue weighted by Crippen LogP contribution is -2.20. The summed E-state index contributed by atoms with van der Waals surface area (Å²) in [5.74, 6) is 0.316. The molecule has 0 aromatic heterocycles. The van der Waals surface area contributed by atoms with E-state index in [-0.39, 0.29) is 6.10 Å². The van der Waals surface area contributed by atoms with Crippen LogP contribution in [0.3, 0.4) is 0 Å². The van der Waals surface area contributed by atoms with Crippen LogP contribution < -0.4 is 4.90 Å². The molecule has 0 saturated heterocycles. The third-order valence-electron chi connectivity index (χ3n) is 3.80. The van der Waals surface area contributed by atoms with Crippen LogP contribution in [0.25, 0.3) is 0 Å². The summed E-state index contributed by atoms with van der Waals surface area (Å²) in [4.78, 5) is 2.15. The maximum atomic E-state index is 10.3. The fourth-order valence-electron chi connectivity index (χ4n) is 2.86. The van der Waals surface area contributed by atoms with Crippen molar-refractivity contribution in [2.45, 2.75) is 44.1 Å². The van der Waals surface area contributed by atoms with Gasteiger partial charge in [-0.3, -0.25) is 0 Å². The number of aliphatic hydroxyl groups excluding tert-OH is 1. The molecule has 1 saturated carbocycles. The maximum absolute atomic E-state index is 10.3. The van der Waals surface area contributed by atoms with Gasteiger partial charge in [-0.15, -0.1) is 0 Å². The topological polar surface area (TPSA) is 23.5 Å². The van der Waals surface area contributed by atoms with Crippen molar-refractivity contribution in [2.75, 3.05) is 19.0 Å². The second kappa shape index (κ2) is 5.54. The van der Waals surface area contributed by atoms with Crippen molar-refractivity contribution in [3.05, 3.63) is 29.8 Å². The summed E-state index contributed by atoms with van der Waals surface area (Å²) >= 11 is 0. The molecule has 0 aliphatic heterocycles. The molecule has 2 atom stereocenters. The largest absolute Gasteiger partial charge is 0.392 e. The molecular formula is C15H23NO. The Balaban J connectivity index is 2.30. The van der Waals surface area contributed by atoms with Crippen LogP contribution in [0.15, 0.2) is 24.3 Å². The van der Waals surface area contributed by atoms with E-state index >= 15 is 0 Å². The van der Waals surface area contributed by atoms with Crippen molar-refractivity contribution in [1.29, 1.82) is 0 Å². The molecule has 0 unspecified atom stereocenters. The summed E-state index contributed by atoms with van der Waals surface area (Å²) in [6, 6.07) is 8.48. The maximum Gasteiger partial charge on any atom is 0.0609 e. The lowest BCUT2D eigenvalue weighted by atomic mass is 9.88. The Morgan fingerprint density at radius 1 is 1.06 bits per heavy atom. The number of benzene rings is 1. The minimum absolute atomic E-state index is 0.168. The van der Waals surface area contributed by atoms with E-state index < -0.39 is 0 Å². The SMILES string of the molecule is CN(C)c1ccccc1[C@@H]1CCCCC[C@@H]1O. The van der Waals surface area contributed by atoms with Gasteiger partial charge in [0, 0.05) is 25.7 Å². The van der Waals surface area contributed by atoms with E-state index in [9.17, 15) is 5.11 Å². The molecule has 0 radical (unpaired) electrons. The highest BCUT2D eigenvalue weighted by atomic mass is 16.3. The monoisotopic (exact) mass is 233 g/mol. The third-order valence-corrected chi connectivity index (χ3v) is 3.80. The second-order valence-electron chi connectivity index (χ2n) is 5.27. The lowest BCUT2D eigenvalue weighted by Gasteiger charge is -2.26. The van der Waals surface area contributed by atoms with Gasteiger partial charge in [-0.05, 0) is 24.5 Å². The van der Waals surface area contributed by atoms with Crippen molar-refractivity contribution >= 4 is 5.69 Å². The number of para-hydroxylation sites is 1. The van der Waals surface area contributed by atoms with E-state index in [0.29, 0.717) is 5.92 Å². The zero-order valence-electron chi connectivity index (χ0n) is 10.9. The van der Waals surface area contributed by atoms with E-state index in [1.54, 1.807) is 0 Å². The van der Waals surface area contributed by atoms with Gasteiger partial charge < -0.3 is 10.0 Å². The molecule has 0 bridgehead atoms. The summed E-state index contributed by atoms with van der Waals surface area (Å²) < 4.78 is 0. The van der Waals surface area contributed by atoms with Crippen molar-refractivity contribution in [1.82, 2.24) is 0 Å². The lowest BCUT2D eigenvalue weighted by molar-refractivity contribution is 0.135. The Labute approximate surface area is 104 Å². The standard InChI is InChI=1S/C15H23NO/c1-16(2)14-10-7-6-8-12(14)13-9-4-3-5-11-15(13)17/h6-8,10,13,15,17H,3-5,9,11H2,1-2H3/t13-,15-/m0/s1. The molecule has 0 heterocycles. The van der Waals surface area contributed by atoms with Gasteiger partial charge in [0.15, 0.2) is 0 Å². The zero-order valence-corrected chi connectivity index (χ0v) is 10.9. The van der Waals surface area contributed by atoms with Gasteiger partial charge in [-0.2, -0.15) is 0 Å². The fraction of sp³-hybridized carbons (Fsp3) is 0.600. The molecule has 2 rings (SSSR count). The van der Waals surface area contributed by atoms with Crippen molar-refractivity contribution in [3.63, 3.8) is 0 Å². The molecule has 1 aliphatic carbocycles. The van der Waals surface area contributed by atoms with Crippen LogP contribution in [0.2, 0.25) is 0 Å². The van der Waals surface area contributed by atoms with Crippen molar-refractivity contribution < 1.29 is 5.11 Å². The predicted octanol–water partition coefficient (Wildman–Crippen LogP) is 3.16. The molecule has 17 heavy (non-hydrogen) atoms. The summed E-state index contributed by atoms with van der Waals surface area (Å²) in [6.07, 6.45) is 5.57. The number of rotatable bonds is 2. The molecule has 0 spiro atoms. The van der Waals surface area contributed by atoms with Gasteiger partial charge in [0.25, 0.3) is 0 Å². The quantitative estimate of drug-likeness (QED) is 0.793. The van der Waals surface area contributed by atoms with Gasteiger partial charge >= 0.3 is 0 Å². The van der Waals surface area contributed by atoms with Gasteiger partial charge in [0.1, 0.15) is 0 Å². The summed E-state index contributed by atoms with van der Waals surface area (Å²) in [6.45, 7) is 0. The minimum Gasteiger partial charge on any atom is -0.392 e. The number of hydrogen-bond donors (Lipinski definition) is 1. The molecule has 94 valence electrons. The van der Waals surface area contributed by atoms with Crippen LogP contribution in [-0.2, 0) is 0 Å². The van der Waals surface area contributed by atoms with E-state index in [0.717, 1.165) is 12.8 Å². The Morgan fingerprint density at radius 3 is 2.53 bits per heavy atom. The smallest absolute Gasteiger partial charge is 0.0609 e. The van der Waals surface area contributed by atoms with E-state index in [1.807, 2.05) is 0 Å². The van der Waals surface area contributed by atoms with Gasteiger partial charge in [-0.25, -0.2) is 0 Å². The summed E-state index contributed by atoms with van der Waals surface area (Å²) in [7, 11) is 4.14. The highest BCUT2D eigenvalue weighted by Gasteiger charge is 2.25. The first-order valence-electron chi connectivity index (χ1n) is 6.64. The van der Waals surface area contributed by atoms with Gasteiger partial charge in [-0.1, -0.05) is 37.5 Å². The molecule has 2 nitrogen and oxygen atoms in total. The number of anilines is 1. The molecule has 1 N–H and O–H groups in total. The van der Waals surface area contributed by atoms with Crippen LogP contribution in [0, 0.1) is 0 Å². The minimum atomic E-state index is -0.168. The number of hydrogen-bond acceptors (Lipinski definition) is 2. The summed E-state index contributed by atoms with van der Waals surface area (Å²) in [5, 5.41) is 10.3. The van der Waals surface area contributed by atoms with Crippen LogP contribution in [0.5, 0.6) is 0 Å². The Kier molecular flexibility index (Phi) is 4.06. The van der Waals surface area contributed by atoms with Crippen LogP contribution in [0.4, 0.5) is 5.69 Å². The van der Waals surface area contributed by atoms with Gasteiger partial charge in [0.05, 0.1) is 6.10 Å². The fourth-order valence-corrected chi connectivity index (χ4v) is 2.86. The average Bonchev–Trinajstić information content (AvgIpc) is 2.54. The van der Waals surface area contributed by atoms with Crippen LogP contribution in [-0.4, -0.2) is 25.3 Å². The first-order valence-corrected chi connectivity index (χ1v) is 6.64. The van der Waals surface area contributed by atoms with Crippen LogP contribution in [0.1, 0.15) is 43.6 Å². The second-order valence-corrected chi connectivity index (χ2v) is 5.27. The van der Waals surface area contributed by atoms with E-state index in [2.05, 4.69) is 43.3 Å². The highest BCUT2D eigenvalue weighted by molar-refractivity contribution is 5.54. The van der Waals surface area contributed by atoms with Crippen molar-refractivity contribution in [3.8, 4) is 0 Å². The van der Waals surface area contributed by atoms with Crippen LogP contribution >= 0.6 is 0 Å². The molecule has 2 heteroatoms. The predicted molar refractivity (Wildman–Crippen MR) is 72.6 cm³/mol. The Hall–Kier alpha value is -1.02. The molecule has 1 aliphatic rings. The molecule has 1 aromatic rings.